The largest absolute Gasteiger partial charge is 0.469 e. The summed E-state index contributed by atoms with van der Waals surface area (Å²) < 4.78 is 10.9. The van der Waals surface area contributed by atoms with E-state index in [1.54, 1.807) is 13.0 Å². The van der Waals surface area contributed by atoms with E-state index in [1.165, 1.54) is 6.26 Å². The Morgan fingerprint density at radius 2 is 2.00 bits per heavy atom. The fourth-order valence-corrected chi connectivity index (χ4v) is 4.15. The van der Waals surface area contributed by atoms with Crippen molar-refractivity contribution < 1.29 is 23.5 Å². The van der Waals surface area contributed by atoms with Crippen molar-refractivity contribution in [1.82, 2.24) is 15.5 Å². The number of rotatable bonds is 9. The van der Waals surface area contributed by atoms with Crippen molar-refractivity contribution >= 4 is 17.6 Å². The molecule has 172 valence electrons. The van der Waals surface area contributed by atoms with Crippen LogP contribution in [0.3, 0.4) is 0 Å². The van der Waals surface area contributed by atoms with Crippen molar-refractivity contribution in [2.75, 3.05) is 26.2 Å². The van der Waals surface area contributed by atoms with E-state index in [9.17, 15) is 14.4 Å². The molecular formula is C23H35N3O5. The van der Waals surface area contributed by atoms with Gasteiger partial charge in [0.1, 0.15) is 24.5 Å². The maximum Gasteiger partial charge on any atom is 0.255 e. The van der Waals surface area contributed by atoms with Crippen LogP contribution in [0, 0.1) is 12.3 Å². The minimum absolute atomic E-state index is 0.00907. The Morgan fingerprint density at radius 3 is 2.61 bits per heavy atom. The van der Waals surface area contributed by atoms with E-state index in [1.807, 2.05) is 0 Å². The first-order valence-corrected chi connectivity index (χ1v) is 11.2. The van der Waals surface area contributed by atoms with Gasteiger partial charge in [-0.25, -0.2) is 0 Å². The van der Waals surface area contributed by atoms with Gasteiger partial charge in [-0.15, -0.1) is 0 Å². The molecule has 8 nitrogen and oxygen atoms in total. The molecule has 2 N–H and O–H groups in total. The number of hydrogen-bond donors (Lipinski definition) is 2. The smallest absolute Gasteiger partial charge is 0.255 e. The number of nitrogens with one attached hydrogen (secondary N) is 2. The van der Waals surface area contributed by atoms with Gasteiger partial charge in [-0.05, 0) is 50.8 Å². The van der Waals surface area contributed by atoms with Crippen LogP contribution >= 0.6 is 0 Å². The number of hydrogen-bond acceptors (Lipinski definition) is 6. The van der Waals surface area contributed by atoms with Gasteiger partial charge in [0, 0.05) is 6.54 Å². The van der Waals surface area contributed by atoms with Crippen molar-refractivity contribution in [1.29, 1.82) is 0 Å². The highest BCUT2D eigenvalue weighted by Gasteiger charge is 2.40. The van der Waals surface area contributed by atoms with Crippen LogP contribution in [0.1, 0.15) is 62.6 Å². The number of ketones is 1. The number of aryl methyl sites for hydroxylation is 1. The maximum atomic E-state index is 13.2. The van der Waals surface area contributed by atoms with E-state index in [2.05, 4.69) is 36.3 Å². The zero-order valence-electron chi connectivity index (χ0n) is 19.0. The molecule has 3 rings (SSSR count). The third-order valence-electron chi connectivity index (χ3n) is 6.53. The lowest BCUT2D eigenvalue weighted by Gasteiger charge is -2.30. The summed E-state index contributed by atoms with van der Waals surface area (Å²) in [6.07, 6.45) is 4.68. The summed E-state index contributed by atoms with van der Waals surface area (Å²) >= 11 is 0. The highest BCUT2D eigenvalue weighted by molar-refractivity contribution is 5.99. The quantitative estimate of drug-likeness (QED) is 0.618. The molecule has 3 atom stereocenters. The molecule has 0 radical (unpaired) electrons. The van der Waals surface area contributed by atoms with Crippen molar-refractivity contribution in [2.45, 2.75) is 71.6 Å². The predicted octanol–water partition coefficient (Wildman–Crippen LogP) is 2.06. The Hall–Kier alpha value is -2.19. The average molecular weight is 434 g/mol. The fraction of sp³-hybridized carbons (Fsp3) is 0.696. The van der Waals surface area contributed by atoms with Gasteiger partial charge >= 0.3 is 0 Å². The second kappa shape index (κ2) is 9.96. The second-order valence-electron chi connectivity index (χ2n) is 9.45. The third-order valence-corrected chi connectivity index (χ3v) is 6.53. The molecule has 0 spiro atoms. The van der Waals surface area contributed by atoms with Crippen LogP contribution in [0.15, 0.2) is 16.7 Å². The highest BCUT2D eigenvalue weighted by Crippen LogP contribution is 2.27. The molecule has 8 heteroatoms. The molecule has 2 amide bonds. The Labute approximate surface area is 184 Å². The van der Waals surface area contributed by atoms with Crippen molar-refractivity contribution in [3.63, 3.8) is 0 Å². The lowest BCUT2D eigenvalue weighted by atomic mass is 9.83. The molecule has 0 aliphatic carbocycles. The molecule has 2 unspecified atom stereocenters. The summed E-state index contributed by atoms with van der Waals surface area (Å²) in [6, 6.07) is 0.135. The Balaban J connectivity index is 1.71. The van der Waals surface area contributed by atoms with E-state index in [4.69, 9.17) is 9.15 Å². The predicted molar refractivity (Wildman–Crippen MR) is 116 cm³/mol. The molecule has 3 heterocycles. The zero-order chi connectivity index (χ0) is 22.6. The summed E-state index contributed by atoms with van der Waals surface area (Å²) in [4.78, 5) is 40.7. The van der Waals surface area contributed by atoms with Gasteiger partial charge in [0.2, 0.25) is 5.91 Å². The number of carbonyl (C=O) groups is 3. The van der Waals surface area contributed by atoms with Crippen molar-refractivity contribution in [2.24, 2.45) is 5.41 Å². The maximum absolute atomic E-state index is 13.2. The minimum Gasteiger partial charge on any atom is -0.469 e. The SMILES string of the molecule is CCC(C)(C)C[C@H](NC(=O)c1ccoc1C)C(=O)NC1C(=O)COC1CN1CCCC1. The average Bonchev–Trinajstić information content (AvgIpc) is 3.46. The number of Topliss-reactive ketones (excluding diaryl/α,β-unsaturated/α-hetero) is 1. The first-order valence-electron chi connectivity index (χ1n) is 11.2. The normalized spacial score (nSPS) is 23.2. The Bertz CT molecular complexity index is 797. The Kier molecular flexibility index (Phi) is 7.54. The molecule has 2 aliphatic rings. The van der Waals surface area contributed by atoms with Gasteiger partial charge in [-0.2, -0.15) is 0 Å². The topological polar surface area (TPSA) is 101 Å². The van der Waals surface area contributed by atoms with E-state index in [0.29, 0.717) is 24.3 Å². The highest BCUT2D eigenvalue weighted by atomic mass is 16.5. The summed E-state index contributed by atoms with van der Waals surface area (Å²) in [5.41, 5.74) is 0.241. The molecule has 2 fully saturated rings. The summed E-state index contributed by atoms with van der Waals surface area (Å²) in [5.74, 6) is -0.341. The van der Waals surface area contributed by atoms with Crippen LogP contribution in [-0.2, 0) is 14.3 Å². The van der Waals surface area contributed by atoms with Crippen molar-refractivity contribution in [3.8, 4) is 0 Å². The van der Waals surface area contributed by atoms with Crippen LogP contribution in [0.2, 0.25) is 0 Å². The van der Waals surface area contributed by atoms with Crippen LogP contribution in [0.5, 0.6) is 0 Å². The number of likely N-dealkylation sites (tertiary alicyclic amines) is 1. The third kappa shape index (κ3) is 5.95. The minimum atomic E-state index is -0.766. The fourth-order valence-electron chi connectivity index (χ4n) is 4.15. The van der Waals surface area contributed by atoms with Crippen LogP contribution < -0.4 is 10.6 Å². The summed E-state index contributed by atoms with van der Waals surface area (Å²) in [7, 11) is 0. The molecule has 31 heavy (non-hydrogen) atoms. The van der Waals surface area contributed by atoms with Crippen molar-refractivity contribution in [3.05, 3.63) is 23.7 Å². The van der Waals surface area contributed by atoms with Crippen LogP contribution in [-0.4, -0.2) is 66.9 Å². The lowest BCUT2D eigenvalue weighted by molar-refractivity contribution is -0.128. The monoisotopic (exact) mass is 433 g/mol. The first-order chi connectivity index (χ1) is 14.7. The Morgan fingerprint density at radius 1 is 1.29 bits per heavy atom. The van der Waals surface area contributed by atoms with E-state index >= 15 is 0 Å². The van der Waals surface area contributed by atoms with Gasteiger partial charge in [-0.3, -0.25) is 14.4 Å². The first kappa shape index (κ1) is 23.5. The van der Waals surface area contributed by atoms with Gasteiger partial charge in [0.15, 0.2) is 5.78 Å². The van der Waals surface area contributed by atoms with Gasteiger partial charge < -0.3 is 24.7 Å². The van der Waals surface area contributed by atoms with Crippen LogP contribution in [0.25, 0.3) is 0 Å². The number of amides is 2. The molecule has 0 aromatic carbocycles. The van der Waals surface area contributed by atoms with Gasteiger partial charge in [0.25, 0.3) is 5.91 Å². The molecular weight excluding hydrogens is 398 g/mol. The number of nitrogens with zero attached hydrogens (tertiary/aromatic N) is 1. The van der Waals surface area contributed by atoms with Gasteiger partial charge in [0.05, 0.1) is 17.9 Å². The number of ether oxygens (including phenoxy) is 1. The molecule has 1 aromatic rings. The van der Waals surface area contributed by atoms with E-state index in [0.717, 1.165) is 32.4 Å². The molecule has 1 aromatic heterocycles. The lowest BCUT2D eigenvalue weighted by Crippen LogP contribution is -2.55. The summed E-state index contributed by atoms with van der Waals surface area (Å²) in [6.45, 7) is 10.5. The molecule has 0 bridgehead atoms. The zero-order valence-corrected chi connectivity index (χ0v) is 19.0. The number of furan rings is 1. The second-order valence-corrected chi connectivity index (χ2v) is 9.45. The summed E-state index contributed by atoms with van der Waals surface area (Å²) in [5, 5.41) is 5.74. The van der Waals surface area contributed by atoms with Crippen LogP contribution in [0.4, 0.5) is 0 Å². The molecule has 2 aliphatic heterocycles. The van der Waals surface area contributed by atoms with E-state index in [-0.39, 0.29) is 35.7 Å². The number of carbonyl (C=O) groups excluding carboxylic acids is 3. The molecule has 0 saturated carbocycles. The molecule has 2 saturated heterocycles. The standard InChI is InChI=1S/C23H35N3O5/c1-5-23(3,4)12-17(24-21(28)16-8-11-30-15(16)2)22(29)25-20-18(27)14-31-19(20)13-26-9-6-7-10-26/h8,11,17,19-20H,5-7,9-10,12-14H2,1-4H3,(H,24,28)(H,25,29)/t17-,19?,20?/m0/s1. The van der Waals surface area contributed by atoms with Gasteiger partial charge in [-0.1, -0.05) is 27.2 Å². The van der Waals surface area contributed by atoms with E-state index < -0.39 is 12.1 Å².